The number of ether oxygens (including phenoxy) is 1. The molecule has 6 heteroatoms. The summed E-state index contributed by atoms with van der Waals surface area (Å²) < 4.78 is 6.04. The minimum Gasteiger partial charge on any atom is -0.449 e. The lowest BCUT2D eigenvalue weighted by Gasteiger charge is -2.13. The Balaban J connectivity index is 1.96. The van der Waals surface area contributed by atoms with Crippen LogP contribution in [0.3, 0.4) is 0 Å². The van der Waals surface area contributed by atoms with E-state index in [9.17, 15) is 9.59 Å². The van der Waals surface area contributed by atoms with E-state index in [1.165, 1.54) is 13.0 Å². The molecule has 0 aromatic heterocycles. The normalized spacial score (nSPS) is 11.6. The lowest BCUT2D eigenvalue weighted by atomic mass is 10.2. The molecule has 2 aromatic rings. The van der Waals surface area contributed by atoms with Gasteiger partial charge in [0.25, 0.3) is 5.91 Å². The van der Waals surface area contributed by atoms with Gasteiger partial charge in [-0.25, -0.2) is 4.79 Å². The summed E-state index contributed by atoms with van der Waals surface area (Å²) in [5, 5.41) is 3.11. The second-order valence-electron chi connectivity index (χ2n) is 4.55. The van der Waals surface area contributed by atoms with E-state index in [0.717, 1.165) is 4.47 Å². The largest absolute Gasteiger partial charge is 0.449 e. The quantitative estimate of drug-likeness (QED) is 0.803. The van der Waals surface area contributed by atoms with Crippen molar-refractivity contribution in [3.8, 4) is 0 Å². The van der Waals surface area contributed by atoms with Gasteiger partial charge in [-0.05, 0) is 49.4 Å². The number of amides is 1. The highest BCUT2D eigenvalue weighted by molar-refractivity contribution is 9.10. The van der Waals surface area contributed by atoms with E-state index < -0.39 is 18.0 Å². The van der Waals surface area contributed by atoms with Crippen molar-refractivity contribution in [3.05, 3.63) is 63.6 Å². The third kappa shape index (κ3) is 4.58. The van der Waals surface area contributed by atoms with Crippen LogP contribution in [-0.4, -0.2) is 18.0 Å². The van der Waals surface area contributed by atoms with Crippen molar-refractivity contribution in [2.75, 3.05) is 5.32 Å². The minimum absolute atomic E-state index is 0.302. The number of halogens is 2. The smallest absolute Gasteiger partial charge is 0.338 e. The van der Waals surface area contributed by atoms with Crippen LogP contribution < -0.4 is 5.32 Å². The fourth-order valence-corrected chi connectivity index (χ4v) is 2.13. The molecule has 22 heavy (non-hydrogen) atoms. The van der Waals surface area contributed by atoms with E-state index in [2.05, 4.69) is 21.2 Å². The van der Waals surface area contributed by atoms with Gasteiger partial charge in [0.2, 0.25) is 0 Å². The Kier molecular flexibility index (Phi) is 5.57. The Bertz CT molecular complexity index is 688. The average Bonchev–Trinajstić information content (AvgIpc) is 2.49. The maximum Gasteiger partial charge on any atom is 0.338 e. The van der Waals surface area contributed by atoms with Crippen molar-refractivity contribution in [1.29, 1.82) is 0 Å². The Morgan fingerprint density at radius 3 is 2.50 bits per heavy atom. The van der Waals surface area contributed by atoms with Crippen LogP contribution in [-0.2, 0) is 9.53 Å². The molecule has 1 atom stereocenters. The molecule has 0 radical (unpaired) electrons. The molecule has 4 nitrogen and oxygen atoms in total. The lowest BCUT2D eigenvalue weighted by molar-refractivity contribution is -0.123. The number of hydrogen-bond acceptors (Lipinski definition) is 3. The number of anilines is 1. The lowest BCUT2D eigenvalue weighted by Crippen LogP contribution is -2.29. The van der Waals surface area contributed by atoms with Crippen LogP contribution in [0.5, 0.6) is 0 Å². The molecule has 114 valence electrons. The van der Waals surface area contributed by atoms with Gasteiger partial charge in [0.15, 0.2) is 6.10 Å². The zero-order valence-corrected chi connectivity index (χ0v) is 14.0. The van der Waals surface area contributed by atoms with Crippen molar-refractivity contribution in [1.82, 2.24) is 0 Å². The summed E-state index contributed by atoms with van der Waals surface area (Å²) in [4.78, 5) is 23.9. The van der Waals surface area contributed by atoms with Gasteiger partial charge in [0, 0.05) is 15.2 Å². The first-order chi connectivity index (χ1) is 10.5. The maximum atomic E-state index is 12.0. The second-order valence-corrected chi connectivity index (χ2v) is 5.91. The maximum absolute atomic E-state index is 12.0. The number of carbonyl (C=O) groups excluding carboxylic acids is 2. The van der Waals surface area contributed by atoms with Gasteiger partial charge in [-0.1, -0.05) is 33.6 Å². The van der Waals surface area contributed by atoms with Crippen molar-refractivity contribution in [2.24, 2.45) is 0 Å². The fraction of sp³-hybridized carbons (Fsp3) is 0.125. The Morgan fingerprint density at radius 1 is 1.18 bits per heavy atom. The standard InChI is InChI=1S/C16H13BrClNO3/c1-10(15(20)19-14-7-5-12(17)6-8-14)22-16(21)11-3-2-4-13(18)9-11/h2-10H,1H3,(H,19,20). The third-order valence-electron chi connectivity index (χ3n) is 2.83. The van der Waals surface area contributed by atoms with E-state index in [0.29, 0.717) is 16.3 Å². The topological polar surface area (TPSA) is 55.4 Å². The Morgan fingerprint density at radius 2 is 1.86 bits per heavy atom. The third-order valence-corrected chi connectivity index (χ3v) is 3.59. The van der Waals surface area contributed by atoms with E-state index in [-0.39, 0.29) is 0 Å². The molecule has 0 aliphatic carbocycles. The number of hydrogen-bond donors (Lipinski definition) is 1. The van der Waals surface area contributed by atoms with Gasteiger partial charge in [0.1, 0.15) is 0 Å². The highest BCUT2D eigenvalue weighted by Crippen LogP contribution is 2.15. The molecule has 1 amide bonds. The van der Waals surface area contributed by atoms with Gasteiger partial charge >= 0.3 is 5.97 Å². The molecule has 0 saturated carbocycles. The number of esters is 1. The molecule has 2 rings (SSSR count). The first-order valence-electron chi connectivity index (χ1n) is 6.48. The predicted octanol–water partition coefficient (Wildman–Crippen LogP) is 4.29. The van der Waals surface area contributed by atoms with Crippen LogP contribution in [0.4, 0.5) is 5.69 Å². The molecular formula is C16H13BrClNO3. The highest BCUT2D eigenvalue weighted by atomic mass is 79.9. The number of benzene rings is 2. The summed E-state index contributed by atoms with van der Waals surface area (Å²) in [6.45, 7) is 1.51. The van der Waals surface area contributed by atoms with Crippen LogP contribution in [0.1, 0.15) is 17.3 Å². The van der Waals surface area contributed by atoms with E-state index in [1.807, 2.05) is 0 Å². The summed E-state index contributed by atoms with van der Waals surface area (Å²) in [6, 6.07) is 13.5. The van der Waals surface area contributed by atoms with E-state index >= 15 is 0 Å². The van der Waals surface area contributed by atoms with Crippen molar-refractivity contribution in [3.63, 3.8) is 0 Å². The van der Waals surface area contributed by atoms with Crippen LogP contribution in [0.25, 0.3) is 0 Å². The summed E-state index contributed by atoms with van der Waals surface area (Å²) in [7, 11) is 0. The molecule has 0 aliphatic heterocycles. The molecule has 1 N–H and O–H groups in total. The van der Waals surface area contributed by atoms with Crippen LogP contribution in [0.15, 0.2) is 53.0 Å². The summed E-state index contributed by atoms with van der Waals surface area (Å²) in [6.07, 6.45) is -0.921. The molecule has 0 heterocycles. The van der Waals surface area contributed by atoms with Gasteiger partial charge in [0.05, 0.1) is 5.56 Å². The van der Waals surface area contributed by atoms with Gasteiger partial charge < -0.3 is 10.1 Å². The fourth-order valence-electron chi connectivity index (χ4n) is 1.67. The Hall–Kier alpha value is -1.85. The molecule has 0 fully saturated rings. The van der Waals surface area contributed by atoms with Gasteiger partial charge in [-0.3, -0.25) is 4.79 Å². The zero-order chi connectivity index (χ0) is 16.1. The van der Waals surface area contributed by atoms with Crippen molar-refractivity contribution < 1.29 is 14.3 Å². The second kappa shape index (κ2) is 7.42. The minimum atomic E-state index is -0.921. The van der Waals surface area contributed by atoms with E-state index in [1.54, 1.807) is 42.5 Å². The number of rotatable bonds is 4. The zero-order valence-electron chi connectivity index (χ0n) is 11.7. The van der Waals surface area contributed by atoms with Crippen LogP contribution in [0.2, 0.25) is 5.02 Å². The molecule has 2 aromatic carbocycles. The van der Waals surface area contributed by atoms with Gasteiger partial charge in [-0.2, -0.15) is 0 Å². The summed E-state index contributed by atoms with van der Waals surface area (Å²) in [5.74, 6) is -1.00. The monoisotopic (exact) mass is 381 g/mol. The van der Waals surface area contributed by atoms with E-state index in [4.69, 9.17) is 16.3 Å². The molecule has 1 unspecified atom stereocenters. The molecule has 0 spiro atoms. The molecule has 0 saturated heterocycles. The highest BCUT2D eigenvalue weighted by Gasteiger charge is 2.19. The Labute approximate surface area is 141 Å². The van der Waals surface area contributed by atoms with Crippen molar-refractivity contribution in [2.45, 2.75) is 13.0 Å². The first-order valence-corrected chi connectivity index (χ1v) is 7.66. The average molecular weight is 383 g/mol. The van der Waals surface area contributed by atoms with Crippen LogP contribution >= 0.6 is 27.5 Å². The number of carbonyl (C=O) groups is 2. The van der Waals surface area contributed by atoms with Gasteiger partial charge in [-0.15, -0.1) is 0 Å². The molecule has 0 aliphatic rings. The molecule has 0 bridgehead atoms. The van der Waals surface area contributed by atoms with Crippen molar-refractivity contribution >= 4 is 45.1 Å². The van der Waals surface area contributed by atoms with Crippen LogP contribution in [0, 0.1) is 0 Å². The summed E-state index contributed by atoms with van der Waals surface area (Å²) in [5.41, 5.74) is 0.926. The predicted molar refractivity (Wildman–Crippen MR) is 89.1 cm³/mol. The SMILES string of the molecule is CC(OC(=O)c1cccc(Cl)c1)C(=O)Nc1ccc(Br)cc1. The summed E-state index contributed by atoms with van der Waals surface area (Å²) >= 11 is 9.13. The molecular weight excluding hydrogens is 370 g/mol. The first kappa shape index (κ1) is 16.5. The number of nitrogens with one attached hydrogen (secondary N) is 1.